The summed E-state index contributed by atoms with van der Waals surface area (Å²) in [6.45, 7) is 1.01. The van der Waals surface area contributed by atoms with Gasteiger partial charge in [-0.1, -0.05) is 0 Å². The minimum atomic E-state index is 0.859. The third-order valence-corrected chi connectivity index (χ3v) is 2.58. The average molecular weight is 219 g/mol. The maximum absolute atomic E-state index is 5.17. The molecule has 0 aliphatic carbocycles. The molecule has 2 N–H and O–H groups in total. The largest absolute Gasteiger partial charge is 0.497 e. The van der Waals surface area contributed by atoms with Gasteiger partial charge in [0.2, 0.25) is 0 Å². The summed E-state index contributed by atoms with van der Waals surface area (Å²) in [4.78, 5) is 7.83. The molecular formula is C12H17N3O. The summed E-state index contributed by atoms with van der Waals surface area (Å²) in [6.07, 6.45) is 2.06. The van der Waals surface area contributed by atoms with Crippen LogP contribution in [0.3, 0.4) is 0 Å². The van der Waals surface area contributed by atoms with Gasteiger partial charge in [0.15, 0.2) is 0 Å². The van der Waals surface area contributed by atoms with Crippen LogP contribution in [0.5, 0.6) is 5.75 Å². The van der Waals surface area contributed by atoms with E-state index in [0.29, 0.717) is 0 Å². The lowest BCUT2D eigenvalue weighted by Crippen LogP contribution is -2.08. The zero-order valence-electron chi connectivity index (χ0n) is 9.71. The number of hydrogen-bond acceptors (Lipinski definition) is 3. The van der Waals surface area contributed by atoms with Gasteiger partial charge in [-0.2, -0.15) is 0 Å². The first-order valence-corrected chi connectivity index (χ1v) is 5.50. The van der Waals surface area contributed by atoms with Crippen molar-refractivity contribution < 1.29 is 4.74 Å². The van der Waals surface area contributed by atoms with E-state index in [2.05, 4.69) is 15.3 Å². The Kier molecular flexibility index (Phi) is 3.41. The number of aromatic nitrogens is 2. The molecule has 1 aromatic carbocycles. The summed E-state index contributed by atoms with van der Waals surface area (Å²) in [5.74, 6) is 1.90. The lowest BCUT2D eigenvalue weighted by molar-refractivity contribution is 0.415. The van der Waals surface area contributed by atoms with Crippen LogP contribution in [0.2, 0.25) is 0 Å². The summed E-state index contributed by atoms with van der Waals surface area (Å²) in [6, 6.07) is 5.89. The predicted octanol–water partition coefficient (Wildman–Crippen LogP) is 1.72. The molecule has 0 spiro atoms. The number of rotatable bonds is 5. The zero-order valence-corrected chi connectivity index (χ0v) is 9.71. The highest BCUT2D eigenvalue weighted by Crippen LogP contribution is 2.18. The zero-order chi connectivity index (χ0) is 11.4. The molecule has 2 rings (SSSR count). The van der Waals surface area contributed by atoms with Gasteiger partial charge in [0.1, 0.15) is 11.6 Å². The Hall–Kier alpha value is -1.55. The van der Waals surface area contributed by atoms with Crippen LogP contribution >= 0.6 is 0 Å². The highest BCUT2D eigenvalue weighted by atomic mass is 16.5. The van der Waals surface area contributed by atoms with E-state index in [-0.39, 0.29) is 0 Å². The molecule has 0 amide bonds. The lowest BCUT2D eigenvalue weighted by Gasteiger charge is -1.96. The van der Waals surface area contributed by atoms with Crippen molar-refractivity contribution in [3.05, 3.63) is 24.0 Å². The molecule has 1 aromatic heterocycles. The van der Waals surface area contributed by atoms with E-state index in [1.165, 1.54) is 0 Å². The maximum atomic E-state index is 5.17. The number of hydrogen-bond donors (Lipinski definition) is 2. The molecule has 86 valence electrons. The van der Waals surface area contributed by atoms with Gasteiger partial charge in [-0.05, 0) is 32.1 Å². The van der Waals surface area contributed by atoms with Gasteiger partial charge < -0.3 is 15.0 Å². The van der Waals surface area contributed by atoms with Crippen molar-refractivity contribution in [1.29, 1.82) is 0 Å². The Balaban J connectivity index is 2.16. The Bertz CT molecular complexity index is 464. The Morgan fingerprint density at radius 2 is 2.31 bits per heavy atom. The standard InChI is InChI=1S/C12H17N3O/c1-13-7-3-4-12-14-10-6-5-9(16-2)8-11(10)15-12/h5-6,8,13H,3-4,7H2,1-2H3,(H,14,15). The third-order valence-electron chi connectivity index (χ3n) is 2.58. The Morgan fingerprint density at radius 3 is 3.06 bits per heavy atom. The number of benzene rings is 1. The number of aromatic amines is 1. The van der Waals surface area contributed by atoms with Gasteiger partial charge in [0.25, 0.3) is 0 Å². The number of fused-ring (bicyclic) bond motifs is 1. The quantitative estimate of drug-likeness (QED) is 0.753. The number of ether oxygens (including phenoxy) is 1. The van der Waals surface area contributed by atoms with Crippen LogP contribution in [0.4, 0.5) is 0 Å². The molecule has 0 saturated heterocycles. The summed E-state index contributed by atoms with van der Waals surface area (Å²) in [5.41, 5.74) is 2.04. The molecule has 1 heterocycles. The van der Waals surface area contributed by atoms with Gasteiger partial charge in [-0.25, -0.2) is 4.98 Å². The fourth-order valence-electron chi connectivity index (χ4n) is 1.72. The van der Waals surface area contributed by atoms with Gasteiger partial charge in [0, 0.05) is 12.5 Å². The number of nitrogens with zero attached hydrogens (tertiary/aromatic N) is 1. The summed E-state index contributed by atoms with van der Waals surface area (Å²) < 4.78 is 5.17. The molecule has 0 aliphatic rings. The van der Waals surface area contributed by atoms with E-state index < -0.39 is 0 Å². The highest BCUT2D eigenvalue weighted by Gasteiger charge is 2.03. The Labute approximate surface area is 95.0 Å². The van der Waals surface area contributed by atoms with E-state index in [0.717, 1.165) is 42.0 Å². The first-order valence-electron chi connectivity index (χ1n) is 5.50. The Morgan fingerprint density at radius 1 is 1.44 bits per heavy atom. The molecule has 0 bridgehead atoms. The minimum absolute atomic E-state index is 0.859. The molecular weight excluding hydrogens is 202 g/mol. The molecule has 0 aliphatic heterocycles. The van der Waals surface area contributed by atoms with E-state index in [9.17, 15) is 0 Å². The van der Waals surface area contributed by atoms with E-state index in [1.54, 1.807) is 7.11 Å². The van der Waals surface area contributed by atoms with Crippen molar-refractivity contribution in [1.82, 2.24) is 15.3 Å². The van der Waals surface area contributed by atoms with Crippen LogP contribution in [0.15, 0.2) is 18.2 Å². The van der Waals surface area contributed by atoms with Gasteiger partial charge in [-0.15, -0.1) is 0 Å². The van der Waals surface area contributed by atoms with E-state index in [1.807, 2.05) is 25.2 Å². The number of methoxy groups -OCH3 is 1. The van der Waals surface area contributed by atoms with Crippen molar-refractivity contribution in [2.45, 2.75) is 12.8 Å². The summed E-state index contributed by atoms with van der Waals surface area (Å²) in [7, 11) is 3.63. The number of nitrogens with one attached hydrogen (secondary N) is 2. The van der Waals surface area contributed by atoms with E-state index in [4.69, 9.17) is 4.74 Å². The average Bonchev–Trinajstić information content (AvgIpc) is 2.70. The van der Waals surface area contributed by atoms with Crippen molar-refractivity contribution in [3.63, 3.8) is 0 Å². The van der Waals surface area contributed by atoms with Gasteiger partial charge >= 0.3 is 0 Å². The monoisotopic (exact) mass is 219 g/mol. The SMILES string of the molecule is CNCCCc1nc2ccc(OC)cc2[nH]1. The second-order valence-corrected chi connectivity index (χ2v) is 3.77. The predicted molar refractivity (Wildman–Crippen MR) is 64.9 cm³/mol. The molecule has 4 heteroatoms. The topological polar surface area (TPSA) is 49.9 Å². The number of H-pyrrole nitrogens is 1. The van der Waals surface area contributed by atoms with Crippen LogP contribution in [-0.2, 0) is 6.42 Å². The molecule has 0 fully saturated rings. The molecule has 2 aromatic rings. The molecule has 16 heavy (non-hydrogen) atoms. The summed E-state index contributed by atoms with van der Waals surface area (Å²) >= 11 is 0. The summed E-state index contributed by atoms with van der Waals surface area (Å²) in [5, 5.41) is 3.13. The molecule has 0 radical (unpaired) electrons. The van der Waals surface area contributed by atoms with Gasteiger partial charge in [0.05, 0.1) is 18.1 Å². The third kappa shape index (κ3) is 2.33. The highest BCUT2D eigenvalue weighted by molar-refractivity contribution is 5.76. The van der Waals surface area contributed by atoms with Crippen LogP contribution in [0.1, 0.15) is 12.2 Å². The van der Waals surface area contributed by atoms with Crippen LogP contribution < -0.4 is 10.1 Å². The van der Waals surface area contributed by atoms with Crippen molar-refractivity contribution in [2.75, 3.05) is 20.7 Å². The normalized spacial score (nSPS) is 10.9. The fourth-order valence-corrected chi connectivity index (χ4v) is 1.72. The van der Waals surface area contributed by atoms with Crippen LogP contribution in [0.25, 0.3) is 11.0 Å². The minimum Gasteiger partial charge on any atom is -0.497 e. The fraction of sp³-hybridized carbons (Fsp3) is 0.417. The second kappa shape index (κ2) is 4.99. The first kappa shape index (κ1) is 11.0. The molecule has 0 unspecified atom stereocenters. The van der Waals surface area contributed by atoms with Gasteiger partial charge in [-0.3, -0.25) is 0 Å². The van der Waals surface area contributed by atoms with Crippen LogP contribution in [0, 0.1) is 0 Å². The lowest BCUT2D eigenvalue weighted by atomic mass is 10.3. The molecule has 0 saturated carbocycles. The second-order valence-electron chi connectivity index (χ2n) is 3.77. The maximum Gasteiger partial charge on any atom is 0.121 e. The molecule has 4 nitrogen and oxygen atoms in total. The number of imidazole rings is 1. The van der Waals surface area contributed by atoms with E-state index >= 15 is 0 Å². The molecule has 0 atom stereocenters. The van der Waals surface area contributed by atoms with Crippen molar-refractivity contribution in [2.24, 2.45) is 0 Å². The first-order chi connectivity index (χ1) is 7.83. The van der Waals surface area contributed by atoms with Crippen molar-refractivity contribution in [3.8, 4) is 5.75 Å². The smallest absolute Gasteiger partial charge is 0.121 e. The number of aryl methyl sites for hydroxylation is 1. The van der Waals surface area contributed by atoms with Crippen molar-refractivity contribution >= 4 is 11.0 Å². The van der Waals surface area contributed by atoms with Crippen LogP contribution in [-0.4, -0.2) is 30.7 Å².